The molecule has 0 amide bonds. The number of hydrogen-bond donors (Lipinski definition) is 1. The summed E-state index contributed by atoms with van der Waals surface area (Å²) in [6, 6.07) is 18.1. The van der Waals surface area contributed by atoms with Crippen molar-refractivity contribution in [1.82, 2.24) is 10.3 Å². The molecule has 166 valence electrons. The molecule has 32 heavy (non-hydrogen) atoms. The largest absolute Gasteiger partial charge is 0.490 e. The Bertz CT molecular complexity index is 1040. The summed E-state index contributed by atoms with van der Waals surface area (Å²) < 4.78 is 25.3. The number of fused-ring (bicyclic) bond motifs is 2. The van der Waals surface area contributed by atoms with Gasteiger partial charge in [-0.15, -0.1) is 0 Å². The maximum Gasteiger partial charge on any atom is 0.230 e. The second-order valence-corrected chi connectivity index (χ2v) is 7.70. The number of hydrogen-bond acceptors (Lipinski definition) is 5. The highest BCUT2D eigenvalue weighted by atomic mass is 19.1. The van der Waals surface area contributed by atoms with Crippen molar-refractivity contribution in [2.24, 2.45) is 4.99 Å². The van der Waals surface area contributed by atoms with Crippen LogP contribution in [0, 0.1) is 5.82 Å². The first kappa shape index (κ1) is 21.8. The van der Waals surface area contributed by atoms with Crippen LogP contribution in [-0.4, -0.2) is 30.5 Å². The number of para-hydroxylation sites is 2. The number of rotatable bonds is 3. The van der Waals surface area contributed by atoms with Gasteiger partial charge in [0.2, 0.25) is 5.88 Å². The van der Waals surface area contributed by atoms with Gasteiger partial charge in [-0.1, -0.05) is 30.7 Å². The highest BCUT2D eigenvalue weighted by molar-refractivity contribution is 6.00. The Labute approximate surface area is 188 Å². The Morgan fingerprint density at radius 1 is 0.875 bits per heavy atom. The Morgan fingerprint density at radius 3 is 2.56 bits per heavy atom. The zero-order valence-corrected chi connectivity index (χ0v) is 18.1. The van der Waals surface area contributed by atoms with E-state index in [0.29, 0.717) is 30.5 Å². The SMILES string of the molecule is Fc1ccc(CCNC2=NCCCCCCOc3ccccc3Oc3ncccc32)cc1. The van der Waals surface area contributed by atoms with Crippen molar-refractivity contribution in [3.8, 4) is 17.4 Å². The minimum absolute atomic E-state index is 0.224. The molecule has 3 aromatic rings. The first-order valence-electron chi connectivity index (χ1n) is 11.2. The van der Waals surface area contributed by atoms with Gasteiger partial charge in [-0.05, 0) is 67.6 Å². The third kappa shape index (κ3) is 6.06. The lowest BCUT2D eigenvalue weighted by Gasteiger charge is -2.16. The minimum Gasteiger partial charge on any atom is -0.490 e. The number of nitrogens with zero attached hydrogens (tertiary/aromatic N) is 2. The van der Waals surface area contributed by atoms with Crippen LogP contribution in [0.25, 0.3) is 0 Å². The van der Waals surface area contributed by atoms with Gasteiger partial charge in [0.1, 0.15) is 11.7 Å². The summed E-state index contributed by atoms with van der Waals surface area (Å²) in [6.45, 7) is 2.05. The third-order valence-corrected chi connectivity index (χ3v) is 5.28. The number of aromatic nitrogens is 1. The molecule has 5 nitrogen and oxygen atoms in total. The quantitative estimate of drug-likeness (QED) is 0.589. The normalized spacial score (nSPS) is 14.6. The lowest BCUT2D eigenvalue weighted by molar-refractivity contribution is 0.290. The summed E-state index contributed by atoms with van der Waals surface area (Å²) in [6.07, 6.45) is 6.68. The number of nitrogens with one attached hydrogen (secondary N) is 1. The van der Waals surface area contributed by atoms with E-state index < -0.39 is 0 Å². The van der Waals surface area contributed by atoms with Crippen LogP contribution < -0.4 is 14.8 Å². The number of benzene rings is 2. The predicted octanol–water partition coefficient (Wildman–Crippen LogP) is 5.54. The number of halogens is 1. The molecular weight excluding hydrogens is 405 g/mol. The van der Waals surface area contributed by atoms with Crippen molar-refractivity contribution >= 4 is 5.84 Å². The van der Waals surface area contributed by atoms with Crippen LogP contribution in [0.5, 0.6) is 17.4 Å². The highest BCUT2D eigenvalue weighted by Gasteiger charge is 2.15. The topological polar surface area (TPSA) is 55.7 Å². The molecule has 0 radical (unpaired) electrons. The van der Waals surface area contributed by atoms with E-state index in [4.69, 9.17) is 14.5 Å². The second kappa shape index (κ2) is 11.3. The monoisotopic (exact) mass is 433 g/mol. The molecule has 0 atom stereocenters. The van der Waals surface area contributed by atoms with Gasteiger partial charge in [-0.2, -0.15) is 0 Å². The molecule has 0 saturated carbocycles. The maximum atomic E-state index is 13.2. The maximum absolute atomic E-state index is 13.2. The Morgan fingerprint density at radius 2 is 1.69 bits per heavy atom. The fourth-order valence-corrected chi connectivity index (χ4v) is 3.56. The van der Waals surface area contributed by atoms with Crippen LogP contribution in [0.2, 0.25) is 0 Å². The molecule has 0 fully saturated rings. The molecule has 4 rings (SSSR count). The summed E-state index contributed by atoms with van der Waals surface area (Å²) in [5, 5.41) is 3.45. The highest BCUT2D eigenvalue weighted by Crippen LogP contribution is 2.32. The molecule has 0 saturated heterocycles. The van der Waals surface area contributed by atoms with Gasteiger partial charge >= 0.3 is 0 Å². The van der Waals surface area contributed by atoms with E-state index in [1.54, 1.807) is 6.20 Å². The van der Waals surface area contributed by atoms with Crippen molar-refractivity contribution in [2.45, 2.75) is 32.1 Å². The molecule has 0 aliphatic carbocycles. The molecule has 1 N–H and O–H groups in total. The van der Waals surface area contributed by atoms with E-state index >= 15 is 0 Å². The van der Waals surface area contributed by atoms with Gasteiger partial charge in [0, 0.05) is 19.3 Å². The zero-order valence-electron chi connectivity index (χ0n) is 18.1. The number of aliphatic imine (C=N–C) groups is 1. The van der Waals surface area contributed by atoms with E-state index in [-0.39, 0.29) is 5.82 Å². The summed E-state index contributed by atoms with van der Waals surface area (Å²) in [7, 11) is 0. The van der Waals surface area contributed by atoms with Crippen LogP contribution in [0.3, 0.4) is 0 Å². The van der Waals surface area contributed by atoms with Crippen molar-refractivity contribution in [2.75, 3.05) is 19.7 Å². The van der Waals surface area contributed by atoms with E-state index in [1.807, 2.05) is 48.5 Å². The molecule has 1 aliphatic rings. The van der Waals surface area contributed by atoms with Gasteiger partial charge in [-0.3, -0.25) is 4.99 Å². The average molecular weight is 434 g/mol. The van der Waals surface area contributed by atoms with Gasteiger partial charge < -0.3 is 14.8 Å². The predicted molar refractivity (Wildman–Crippen MR) is 124 cm³/mol. The van der Waals surface area contributed by atoms with Crippen molar-refractivity contribution in [3.05, 3.63) is 83.8 Å². The van der Waals surface area contributed by atoms with E-state index in [9.17, 15) is 4.39 Å². The molecule has 6 heteroatoms. The first-order valence-corrected chi connectivity index (χ1v) is 11.2. The van der Waals surface area contributed by atoms with Crippen LogP contribution in [0.1, 0.15) is 36.8 Å². The molecule has 0 unspecified atom stereocenters. The second-order valence-electron chi connectivity index (χ2n) is 7.70. The summed E-state index contributed by atoms with van der Waals surface area (Å²) >= 11 is 0. The summed E-state index contributed by atoms with van der Waals surface area (Å²) in [5.41, 5.74) is 1.87. The number of ether oxygens (including phenoxy) is 2. The zero-order chi connectivity index (χ0) is 22.0. The standard InChI is InChI=1S/C26H28FN3O2/c27-21-13-11-20(12-14-21)15-18-29-25-22-8-7-17-30-26(22)32-24-10-4-3-9-23(24)31-19-6-2-1-5-16-28-25/h3-4,7-14,17H,1-2,5-6,15-16,18-19H2,(H,28,29). The molecule has 0 spiro atoms. The van der Waals surface area contributed by atoms with Gasteiger partial charge in [0.25, 0.3) is 0 Å². The fourth-order valence-electron chi connectivity index (χ4n) is 3.56. The van der Waals surface area contributed by atoms with Crippen molar-refractivity contribution < 1.29 is 13.9 Å². The molecule has 2 heterocycles. The lowest BCUT2D eigenvalue weighted by atomic mass is 10.1. The van der Waals surface area contributed by atoms with Crippen LogP contribution in [0.15, 0.2) is 71.9 Å². The Balaban J connectivity index is 1.57. The first-order chi connectivity index (χ1) is 15.8. The van der Waals surface area contributed by atoms with Crippen molar-refractivity contribution in [1.29, 1.82) is 0 Å². The van der Waals surface area contributed by atoms with Crippen LogP contribution in [-0.2, 0) is 6.42 Å². The number of amidine groups is 1. The molecule has 0 bridgehead atoms. The lowest BCUT2D eigenvalue weighted by Crippen LogP contribution is -2.28. The summed E-state index contributed by atoms with van der Waals surface area (Å²) in [5.74, 6) is 2.36. The van der Waals surface area contributed by atoms with Gasteiger partial charge in [-0.25, -0.2) is 9.37 Å². The van der Waals surface area contributed by atoms with E-state index in [1.165, 1.54) is 12.1 Å². The fraction of sp³-hybridized carbons (Fsp3) is 0.308. The van der Waals surface area contributed by atoms with E-state index in [2.05, 4.69) is 10.3 Å². The summed E-state index contributed by atoms with van der Waals surface area (Å²) in [4.78, 5) is 9.32. The van der Waals surface area contributed by atoms with Crippen molar-refractivity contribution in [3.63, 3.8) is 0 Å². The van der Waals surface area contributed by atoms with Gasteiger partial charge in [0.05, 0.1) is 12.2 Å². The van der Waals surface area contributed by atoms with Crippen LogP contribution >= 0.6 is 0 Å². The van der Waals surface area contributed by atoms with Gasteiger partial charge in [0.15, 0.2) is 11.5 Å². The molecule has 2 aromatic carbocycles. The third-order valence-electron chi connectivity index (χ3n) is 5.28. The number of pyridine rings is 1. The average Bonchev–Trinajstić information content (AvgIpc) is 2.82. The Kier molecular flexibility index (Phi) is 7.69. The molecular formula is C26H28FN3O2. The van der Waals surface area contributed by atoms with E-state index in [0.717, 1.165) is 55.6 Å². The smallest absolute Gasteiger partial charge is 0.230 e. The minimum atomic E-state index is -0.224. The van der Waals surface area contributed by atoms with Crippen LogP contribution in [0.4, 0.5) is 4.39 Å². The molecule has 1 aromatic heterocycles. The molecule has 1 aliphatic heterocycles. The Hall–Kier alpha value is -3.41.